The van der Waals surface area contributed by atoms with Gasteiger partial charge in [0.05, 0.1) is 7.11 Å². The number of hydrogen-bond acceptors (Lipinski definition) is 4. The Bertz CT molecular complexity index is 813. The van der Waals surface area contributed by atoms with Gasteiger partial charge >= 0.3 is 18.8 Å². The molecule has 0 spiro atoms. The highest BCUT2D eigenvalue weighted by Crippen LogP contribution is 2.31. The van der Waals surface area contributed by atoms with Gasteiger partial charge in [0.1, 0.15) is 5.75 Å². The molecular formula is C18H17F5N2O4. The Morgan fingerprint density at radius 3 is 2.34 bits per heavy atom. The second kappa shape index (κ2) is 9.80. The average Bonchev–Trinajstić information content (AvgIpc) is 2.65. The maximum Gasteiger partial charge on any atom is 0.422 e. The van der Waals surface area contributed by atoms with Crippen LogP contribution in [-0.4, -0.2) is 32.5 Å². The first-order valence-corrected chi connectivity index (χ1v) is 8.12. The van der Waals surface area contributed by atoms with Crippen molar-refractivity contribution in [1.82, 2.24) is 5.32 Å². The lowest BCUT2D eigenvalue weighted by molar-refractivity contribution is -0.153. The fraction of sp³-hybridized carbons (Fsp3) is 0.278. The molecule has 2 rings (SSSR count). The Hall–Kier alpha value is -3.24. The number of halogens is 5. The van der Waals surface area contributed by atoms with Crippen molar-refractivity contribution in [2.24, 2.45) is 0 Å². The zero-order valence-corrected chi connectivity index (χ0v) is 15.1. The first kappa shape index (κ1) is 22.1. The summed E-state index contributed by atoms with van der Waals surface area (Å²) in [5.41, 5.74) is 0.798. The molecule has 0 unspecified atom stereocenters. The Balaban J connectivity index is 1.92. The van der Waals surface area contributed by atoms with Crippen molar-refractivity contribution >= 4 is 11.7 Å². The monoisotopic (exact) mass is 420 g/mol. The Kier molecular flexibility index (Phi) is 7.46. The molecule has 29 heavy (non-hydrogen) atoms. The topological polar surface area (TPSA) is 68.8 Å². The number of alkyl halides is 5. The van der Waals surface area contributed by atoms with Gasteiger partial charge in [0, 0.05) is 18.3 Å². The summed E-state index contributed by atoms with van der Waals surface area (Å²) >= 11 is 0. The molecule has 2 N–H and O–H groups in total. The SMILES string of the molecule is COc1ccc(NC(=O)NCc2ccc(OC(F)F)cc2)cc1OCC(F)(F)F. The van der Waals surface area contributed by atoms with Gasteiger partial charge in [-0.2, -0.15) is 22.0 Å². The summed E-state index contributed by atoms with van der Waals surface area (Å²) in [5, 5.41) is 4.97. The van der Waals surface area contributed by atoms with Gasteiger partial charge in [-0.05, 0) is 29.8 Å². The van der Waals surface area contributed by atoms with Crippen LogP contribution >= 0.6 is 0 Å². The van der Waals surface area contributed by atoms with Crippen LogP contribution < -0.4 is 24.8 Å². The van der Waals surface area contributed by atoms with Gasteiger partial charge in [0.2, 0.25) is 0 Å². The molecular weight excluding hydrogens is 403 g/mol. The minimum atomic E-state index is -4.53. The number of methoxy groups -OCH3 is 1. The maximum atomic E-state index is 12.3. The lowest BCUT2D eigenvalue weighted by atomic mass is 10.2. The predicted molar refractivity (Wildman–Crippen MR) is 93.5 cm³/mol. The number of urea groups is 1. The van der Waals surface area contributed by atoms with Crippen LogP contribution in [0.2, 0.25) is 0 Å². The zero-order valence-electron chi connectivity index (χ0n) is 15.1. The van der Waals surface area contributed by atoms with Crippen molar-refractivity contribution in [3.63, 3.8) is 0 Å². The van der Waals surface area contributed by atoms with Gasteiger partial charge in [-0.25, -0.2) is 4.79 Å². The number of hydrogen-bond donors (Lipinski definition) is 2. The molecule has 11 heteroatoms. The van der Waals surface area contributed by atoms with E-state index in [1.165, 1.54) is 49.6 Å². The molecule has 2 aromatic carbocycles. The van der Waals surface area contributed by atoms with E-state index in [9.17, 15) is 26.7 Å². The largest absolute Gasteiger partial charge is 0.493 e. The van der Waals surface area contributed by atoms with E-state index in [0.29, 0.717) is 5.56 Å². The standard InChI is InChI=1S/C18H17F5N2O4/c1-27-14-7-4-12(8-15(14)28-10-18(21,22)23)25-17(26)24-9-11-2-5-13(6-3-11)29-16(19)20/h2-8,16H,9-10H2,1H3,(H2,24,25,26). The molecule has 0 aromatic heterocycles. The molecule has 0 saturated heterocycles. The molecule has 0 fully saturated rings. The highest BCUT2D eigenvalue weighted by molar-refractivity contribution is 5.89. The number of carbonyl (C=O) groups is 1. The van der Waals surface area contributed by atoms with Crippen molar-refractivity contribution in [3.8, 4) is 17.2 Å². The van der Waals surface area contributed by atoms with Crippen LogP contribution in [0.1, 0.15) is 5.56 Å². The van der Waals surface area contributed by atoms with Crippen LogP contribution in [0.3, 0.4) is 0 Å². The fourth-order valence-corrected chi connectivity index (χ4v) is 2.17. The van der Waals surface area contributed by atoms with Crippen LogP contribution in [0.25, 0.3) is 0 Å². The van der Waals surface area contributed by atoms with Crippen molar-refractivity contribution in [3.05, 3.63) is 48.0 Å². The number of ether oxygens (including phenoxy) is 3. The second-order valence-electron chi connectivity index (χ2n) is 5.60. The Morgan fingerprint density at radius 2 is 1.76 bits per heavy atom. The predicted octanol–water partition coefficient (Wildman–Crippen LogP) is 4.56. The van der Waals surface area contributed by atoms with E-state index in [-0.39, 0.29) is 29.5 Å². The highest BCUT2D eigenvalue weighted by atomic mass is 19.4. The van der Waals surface area contributed by atoms with Crippen LogP contribution in [0.15, 0.2) is 42.5 Å². The first-order valence-electron chi connectivity index (χ1n) is 8.12. The van der Waals surface area contributed by atoms with E-state index in [2.05, 4.69) is 15.4 Å². The fourth-order valence-electron chi connectivity index (χ4n) is 2.17. The summed E-state index contributed by atoms with van der Waals surface area (Å²) in [4.78, 5) is 12.0. The Labute approximate surface area is 162 Å². The molecule has 0 atom stereocenters. The van der Waals surface area contributed by atoms with Crippen molar-refractivity contribution in [2.45, 2.75) is 19.3 Å². The van der Waals surface area contributed by atoms with Gasteiger partial charge in [0.15, 0.2) is 18.1 Å². The molecule has 0 aliphatic heterocycles. The zero-order chi connectivity index (χ0) is 21.4. The molecule has 6 nitrogen and oxygen atoms in total. The molecule has 158 valence electrons. The van der Waals surface area contributed by atoms with E-state index < -0.39 is 25.4 Å². The smallest absolute Gasteiger partial charge is 0.422 e. The third-order valence-corrected chi connectivity index (χ3v) is 3.41. The van der Waals surface area contributed by atoms with Gasteiger partial charge in [-0.1, -0.05) is 12.1 Å². The van der Waals surface area contributed by atoms with E-state index in [0.717, 1.165) is 0 Å². The third kappa shape index (κ3) is 7.72. The van der Waals surface area contributed by atoms with Crippen LogP contribution in [0.5, 0.6) is 17.2 Å². The summed E-state index contributed by atoms with van der Waals surface area (Å²) in [5.74, 6) is -0.124. The van der Waals surface area contributed by atoms with Crippen LogP contribution in [-0.2, 0) is 6.54 Å². The molecule has 0 bridgehead atoms. The molecule has 0 saturated carbocycles. The quantitative estimate of drug-likeness (QED) is 0.615. The van der Waals surface area contributed by atoms with Gasteiger partial charge in [-0.15, -0.1) is 0 Å². The number of carbonyl (C=O) groups excluding carboxylic acids is 1. The summed E-state index contributed by atoms with van der Waals surface area (Å²) in [6.45, 7) is -4.36. The van der Waals surface area contributed by atoms with E-state index in [4.69, 9.17) is 9.47 Å². The normalized spacial score (nSPS) is 11.1. The number of amides is 2. The number of nitrogens with one attached hydrogen (secondary N) is 2. The van der Waals surface area contributed by atoms with Crippen molar-refractivity contribution < 1.29 is 41.0 Å². The summed E-state index contributed by atoms with van der Waals surface area (Å²) in [7, 11) is 1.27. The summed E-state index contributed by atoms with van der Waals surface area (Å²) in [6.07, 6.45) is -4.53. The lowest BCUT2D eigenvalue weighted by Gasteiger charge is -2.14. The third-order valence-electron chi connectivity index (χ3n) is 3.41. The molecule has 0 radical (unpaired) electrons. The maximum absolute atomic E-state index is 12.3. The van der Waals surface area contributed by atoms with Crippen LogP contribution in [0, 0.1) is 0 Å². The molecule has 0 aliphatic rings. The molecule has 0 heterocycles. The second-order valence-corrected chi connectivity index (χ2v) is 5.60. The number of anilines is 1. The van der Waals surface area contributed by atoms with E-state index >= 15 is 0 Å². The lowest BCUT2D eigenvalue weighted by Crippen LogP contribution is -2.28. The van der Waals surface area contributed by atoms with Crippen molar-refractivity contribution in [1.29, 1.82) is 0 Å². The minimum Gasteiger partial charge on any atom is -0.493 e. The summed E-state index contributed by atoms with van der Waals surface area (Å²) in [6, 6.07) is 8.98. The average molecular weight is 420 g/mol. The number of rotatable bonds is 8. The minimum absolute atomic E-state index is 0.0159. The summed E-state index contributed by atoms with van der Waals surface area (Å²) < 4.78 is 75.1. The first-order chi connectivity index (χ1) is 13.7. The number of benzene rings is 2. The van der Waals surface area contributed by atoms with Gasteiger partial charge in [0.25, 0.3) is 0 Å². The van der Waals surface area contributed by atoms with Crippen molar-refractivity contribution in [2.75, 3.05) is 19.0 Å². The van der Waals surface area contributed by atoms with Gasteiger partial charge < -0.3 is 24.8 Å². The molecule has 2 aromatic rings. The molecule has 2 amide bonds. The van der Waals surface area contributed by atoms with E-state index in [1.807, 2.05) is 0 Å². The van der Waals surface area contributed by atoms with Crippen LogP contribution in [0.4, 0.5) is 32.4 Å². The molecule has 0 aliphatic carbocycles. The van der Waals surface area contributed by atoms with E-state index in [1.54, 1.807) is 0 Å². The van der Waals surface area contributed by atoms with Gasteiger partial charge in [-0.3, -0.25) is 0 Å². The Morgan fingerprint density at radius 1 is 1.07 bits per heavy atom. The highest BCUT2D eigenvalue weighted by Gasteiger charge is 2.29.